The predicted octanol–water partition coefficient (Wildman–Crippen LogP) is 3.72. The molecule has 0 unspecified atom stereocenters. The van der Waals surface area contributed by atoms with Gasteiger partial charge in [0.05, 0.1) is 13.0 Å². The van der Waals surface area contributed by atoms with Crippen molar-refractivity contribution in [3.05, 3.63) is 35.9 Å². The Morgan fingerprint density at radius 1 is 1.16 bits per heavy atom. The van der Waals surface area contributed by atoms with Crippen molar-refractivity contribution in [2.45, 2.75) is 20.8 Å². The van der Waals surface area contributed by atoms with E-state index >= 15 is 0 Å². The molecule has 3 heteroatoms. The lowest BCUT2D eigenvalue weighted by molar-refractivity contribution is -0.137. The van der Waals surface area contributed by atoms with Crippen molar-refractivity contribution in [2.24, 2.45) is 5.92 Å². The van der Waals surface area contributed by atoms with Crippen molar-refractivity contribution in [1.29, 1.82) is 0 Å². The SMILES string of the molecule is COc1cc(C)c(OC(=O)C(C)C)c2ccccc12. The molecular formula is C16H18O3. The van der Waals surface area contributed by atoms with Crippen molar-refractivity contribution in [3.63, 3.8) is 0 Å². The van der Waals surface area contributed by atoms with Gasteiger partial charge < -0.3 is 9.47 Å². The first-order valence-corrected chi connectivity index (χ1v) is 6.32. The molecule has 0 fully saturated rings. The first-order valence-electron chi connectivity index (χ1n) is 6.32. The molecule has 0 N–H and O–H groups in total. The second-order valence-electron chi connectivity index (χ2n) is 4.85. The molecule has 0 radical (unpaired) electrons. The number of fused-ring (bicyclic) bond motifs is 1. The van der Waals surface area contributed by atoms with Crippen molar-refractivity contribution in [3.8, 4) is 11.5 Å². The molecule has 0 atom stereocenters. The molecule has 0 saturated heterocycles. The highest BCUT2D eigenvalue weighted by molar-refractivity contribution is 5.96. The van der Waals surface area contributed by atoms with Gasteiger partial charge in [-0.15, -0.1) is 0 Å². The Hall–Kier alpha value is -2.03. The molecule has 0 aliphatic carbocycles. The van der Waals surface area contributed by atoms with Gasteiger partial charge in [-0.05, 0) is 18.6 Å². The monoisotopic (exact) mass is 258 g/mol. The van der Waals surface area contributed by atoms with E-state index in [9.17, 15) is 4.79 Å². The Morgan fingerprint density at radius 3 is 2.37 bits per heavy atom. The molecule has 2 aromatic carbocycles. The molecular weight excluding hydrogens is 240 g/mol. The zero-order chi connectivity index (χ0) is 14.0. The summed E-state index contributed by atoms with van der Waals surface area (Å²) in [4.78, 5) is 11.8. The van der Waals surface area contributed by atoms with Gasteiger partial charge in [0.2, 0.25) is 0 Å². The van der Waals surface area contributed by atoms with Crippen LogP contribution in [0.15, 0.2) is 30.3 Å². The largest absolute Gasteiger partial charge is 0.496 e. The highest BCUT2D eigenvalue weighted by Crippen LogP contribution is 2.36. The molecule has 2 aromatic rings. The quantitative estimate of drug-likeness (QED) is 0.621. The van der Waals surface area contributed by atoms with Crippen LogP contribution >= 0.6 is 0 Å². The third-order valence-corrected chi connectivity index (χ3v) is 3.04. The van der Waals surface area contributed by atoms with Crippen LogP contribution in [0.3, 0.4) is 0 Å². The van der Waals surface area contributed by atoms with Crippen molar-refractivity contribution >= 4 is 16.7 Å². The van der Waals surface area contributed by atoms with E-state index in [4.69, 9.17) is 9.47 Å². The third kappa shape index (κ3) is 2.55. The summed E-state index contributed by atoms with van der Waals surface area (Å²) in [5, 5.41) is 1.84. The summed E-state index contributed by atoms with van der Waals surface area (Å²) in [6, 6.07) is 9.65. The summed E-state index contributed by atoms with van der Waals surface area (Å²) in [6.45, 7) is 5.56. The molecule has 0 heterocycles. The number of methoxy groups -OCH3 is 1. The summed E-state index contributed by atoms with van der Waals surface area (Å²) in [5.74, 6) is 1.03. The Labute approximate surface area is 113 Å². The minimum Gasteiger partial charge on any atom is -0.496 e. The maximum Gasteiger partial charge on any atom is 0.313 e. The average molecular weight is 258 g/mol. The van der Waals surface area contributed by atoms with Crippen LogP contribution in [0.4, 0.5) is 0 Å². The standard InChI is InChI=1S/C16H18O3/c1-10(2)16(17)19-15-11(3)9-14(18-4)12-7-5-6-8-13(12)15/h5-10H,1-4H3. The van der Waals surface area contributed by atoms with Gasteiger partial charge in [0, 0.05) is 10.8 Å². The molecule has 3 nitrogen and oxygen atoms in total. The molecule has 19 heavy (non-hydrogen) atoms. The minimum absolute atomic E-state index is 0.153. The normalized spacial score (nSPS) is 10.8. The van der Waals surface area contributed by atoms with E-state index in [1.807, 2.05) is 51.1 Å². The second kappa shape index (κ2) is 5.31. The first kappa shape index (κ1) is 13.4. The third-order valence-electron chi connectivity index (χ3n) is 3.04. The number of hydrogen-bond acceptors (Lipinski definition) is 3. The number of ether oxygens (including phenoxy) is 2. The zero-order valence-electron chi connectivity index (χ0n) is 11.7. The Morgan fingerprint density at radius 2 is 1.79 bits per heavy atom. The molecule has 0 aliphatic heterocycles. The van der Waals surface area contributed by atoms with Crippen LogP contribution in [0.2, 0.25) is 0 Å². The lowest BCUT2D eigenvalue weighted by Gasteiger charge is -2.14. The summed E-state index contributed by atoms with van der Waals surface area (Å²) < 4.78 is 10.9. The van der Waals surface area contributed by atoms with Crippen molar-refractivity contribution in [1.82, 2.24) is 0 Å². The van der Waals surface area contributed by atoms with E-state index in [0.717, 1.165) is 22.1 Å². The van der Waals surface area contributed by atoms with E-state index < -0.39 is 0 Å². The van der Waals surface area contributed by atoms with Crippen LogP contribution in [0.1, 0.15) is 19.4 Å². The lowest BCUT2D eigenvalue weighted by Crippen LogP contribution is -2.15. The van der Waals surface area contributed by atoms with E-state index in [2.05, 4.69) is 0 Å². The van der Waals surface area contributed by atoms with Crippen LogP contribution in [-0.2, 0) is 4.79 Å². The fourth-order valence-electron chi connectivity index (χ4n) is 1.97. The number of rotatable bonds is 3. The Balaban J connectivity index is 2.61. The number of aryl methyl sites for hydroxylation is 1. The van der Waals surface area contributed by atoms with Crippen LogP contribution < -0.4 is 9.47 Å². The number of hydrogen-bond donors (Lipinski definition) is 0. The lowest BCUT2D eigenvalue weighted by atomic mass is 10.0. The summed E-state index contributed by atoms with van der Waals surface area (Å²) in [7, 11) is 1.64. The molecule has 0 saturated carbocycles. The maximum atomic E-state index is 11.8. The Bertz CT molecular complexity index is 615. The van der Waals surface area contributed by atoms with Crippen LogP contribution in [-0.4, -0.2) is 13.1 Å². The Kier molecular flexibility index (Phi) is 3.74. The van der Waals surface area contributed by atoms with Crippen molar-refractivity contribution < 1.29 is 14.3 Å². The van der Waals surface area contributed by atoms with Gasteiger partial charge >= 0.3 is 5.97 Å². The number of esters is 1. The molecule has 2 rings (SSSR count). The van der Waals surface area contributed by atoms with Gasteiger partial charge in [0.15, 0.2) is 0 Å². The smallest absolute Gasteiger partial charge is 0.313 e. The maximum absolute atomic E-state index is 11.8. The summed E-state index contributed by atoms with van der Waals surface area (Å²) in [5.41, 5.74) is 0.893. The van der Waals surface area contributed by atoms with Crippen molar-refractivity contribution in [2.75, 3.05) is 7.11 Å². The van der Waals surface area contributed by atoms with E-state index in [-0.39, 0.29) is 11.9 Å². The topological polar surface area (TPSA) is 35.5 Å². The number of carbonyl (C=O) groups excluding carboxylic acids is 1. The number of benzene rings is 2. The van der Waals surface area contributed by atoms with Crippen LogP contribution in [0.25, 0.3) is 10.8 Å². The molecule has 100 valence electrons. The fourth-order valence-corrected chi connectivity index (χ4v) is 1.97. The summed E-state index contributed by atoms with van der Waals surface area (Å²) >= 11 is 0. The zero-order valence-corrected chi connectivity index (χ0v) is 11.7. The van der Waals surface area contributed by atoms with Crippen LogP contribution in [0, 0.1) is 12.8 Å². The van der Waals surface area contributed by atoms with Gasteiger partial charge in [-0.25, -0.2) is 0 Å². The van der Waals surface area contributed by atoms with Gasteiger partial charge in [-0.2, -0.15) is 0 Å². The van der Waals surface area contributed by atoms with Gasteiger partial charge in [-0.1, -0.05) is 38.1 Å². The molecule has 0 bridgehead atoms. The van der Waals surface area contributed by atoms with Gasteiger partial charge in [0.1, 0.15) is 11.5 Å². The molecule has 0 spiro atoms. The first-order chi connectivity index (χ1) is 9.04. The second-order valence-corrected chi connectivity index (χ2v) is 4.85. The van der Waals surface area contributed by atoms with Gasteiger partial charge in [-0.3, -0.25) is 4.79 Å². The van der Waals surface area contributed by atoms with Gasteiger partial charge in [0.25, 0.3) is 0 Å². The van der Waals surface area contributed by atoms with E-state index in [1.54, 1.807) is 7.11 Å². The number of carbonyl (C=O) groups is 1. The van der Waals surface area contributed by atoms with Crippen LogP contribution in [0.5, 0.6) is 11.5 Å². The average Bonchev–Trinajstić information content (AvgIpc) is 2.41. The molecule has 0 aliphatic rings. The molecule has 0 aromatic heterocycles. The minimum atomic E-state index is -0.224. The van der Waals surface area contributed by atoms with E-state index in [0.29, 0.717) is 5.75 Å². The summed E-state index contributed by atoms with van der Waals surface area (Å²) in [6.07, 6.45) is 0. The highest BCUT2D eigenvalue weighted by Gasteiger charge is 2.16. The fraction of sp³-hybridized carbons (Fsp3) is 0.312. The molecule has 0 amide bonds. The van der Waals surface area contributed by atoms with E-state index in [1.165, 1.54) is 0 Å². The highest BCUT2D eigenvalue weighted by atomic mass is 16.5. The predicted molar refractivity (Wildman–Crippen MR) is 75.7 cm³/mol.